The Bertz CT molecular complexity index is 681. The summed E-state index contributed by atoms with van der Waals surface area (Å²) in [6.45, 7) is 4.74. The van der Waals surface area contributed by atoms with Crippen LogP contribution < -0.4 is 0 Å². The van der Waals surface area contributed by atoms with Gasteiger partial charge < -0.3 is 9.64 Å². The van der Waals surface area contributed by atoms with Gasteiger partial charge in [0.25, 0.3) is 5.91 Å². The number of carbonyl (C=O) groups excluding carboxylic acids is 1. The third kappa shape index (κ3) is 3.48. The number of rotatable bonds is 3. The second kappa shape index (κ2) is 7.21. The van der Waals surface area contributed by atoms with Crippen LogP contribution in [-0.2, 0) is 14.8 Å². The molecule has 2 saturated heterocycles. The van der Waals surface area contributed by atoms with Crippen LogP contribution in [0.4, 0.5) is 0 Å². The molecular formula is C17H24N2O4S. The van der Waals surface area contributed by atoms with E-state index in [0.717, 1.165) is 19.3 Å². The zero-order valence-corrected chi connectivity index (χ0v) is 14.8. The number of hydrogen-bond donors (Lipinski definition) is 0. The molecule has 0 aliphatic carbocycles. The van der Waals surface area contributed by atoms with Crippen LogP contribution in [0.3, 0.4) is 0 Å². The number of ether oxygens (including phenoxy) is 1. The van der Waals surface area contributed by atoms with Crippen molar-refractivity contribution in [1.29, 1.82) is 0 Å². The minimum Gasteiger partial charge on any atom is -0.377 e. The molecule has 1 aromatic carbocycles. The van der Waals surface area contributed by atoms with Crippen LogP contribution >= 0.6 is 0 Å². The van der Waals surface area contributed by atoms with E-state index in [-0.39, 0.29) is 16.8 Å². The fourth-order valence-corrected chi connectivity index (χ4v) is 4.74. The maximum atomic E-state index is 12.6. The average molecular weight is 352 g/mol. The van der Waals surface area contributed by atoms with Gasteiger partial charge in [-0.05, 0) is 44.0 Å². The van der Waals surface area contributed by atoms with E-state index in [1.54, 1.807) is 29.2 Å². The standard InChI is InChI=1S/C17H24N2O4S/c1-14-13-23-12-11-19(14)17(20)15-5-7-16(8-6-15)24(21,22)18-9-3-2-4-10-18/h5-8,14H,2-4,9-13H2,1H3. The smallest absolute Gasteiger partial charge is 0.254 e. The lowest BCUT2D eigenvalue weighted by Crippen LogP contribution is -2.47. The van der Waals surface area contributed by atoms with E-state index >= 15 is 0 Å². The fourth-order valence-electron chi connectivity index (χ4n) is 3.22. The van der Waals surface area contributed by atoms with Gasteiger partial charge in [0.1, 0.15) is 0 Å². The van der Waals surface area contributed by atoms with Crippen LogP contribution in [0.2, 0.25) is 0 Å². The van der Waals surface area contributed by atoms with E-state index in [1.165, 1.54) is 4.31 Å². The molecule has 3 rings (SSSR count). The SMILES string of the molecule is CC1COCCN1C(=O)c1ccc(S(=O)(=O)N2CCCCC2)cc1. The molecule has 1 aromatic rings. The van der Waals surface area contributed by atoms with Gasteiger partial charge in [-0.1, -0.05) is 6.42 Å². The predicted octanol–water partition coefficient (Wildman–Crippen LogP) is 1.72. The van der Waals surface area contributed by atoms with Gasteiger partial charge >= 0.3 is 0 Å². The highest BCUT2D eigenvalue weighted by Gasteiger charge is 2.27. The number of nitrogens with zero attached hydrogens (tertiary/aromatic N) is 2. The first kappa shape index (κ1) is 17.4. The monoisotopic (exact) mass is 352 g/mol. The summed E-state index contributed by atoms with van der Waals surface area (Å²) < 4.78 is 32.2. The molecule has 0 radical (unpaired) electrons. The minimum absolute atomic E-state index is 0.0306. The summed E-state index contributed by atoms with van der Waals surface area (Å²) in [6.07, 6.45) is 2.90. The predicted molar refractivity (Wildman–Crippen MR) is 90.4 cm³/mol. The molecule has 1 atom stereocenters. The summed E-state index contributed by atoms with van der Waals surface area (Å²) in [7, 11) is -3.45. The van der Waals surface area contributed by atoms with Crippen LogP contribution in [0.5, 0.6) is 0 Å². The zero-order chi connectivity index (χ0) is 17.2. The van der Waals surface area contributed by atoms with Crippen molar-refractivity contribution < 1.29 is 17.9 Å². The number of hydrogen-bond acceptors (Lipinski definition) is 4. The Labute approximate surface area is 143 Å². The molecule has 2 heterocycles. The average Bonchev–Trinajstić information content (AvgIpc) is 2.62. The van der Waals surface area contributed by atoms with Crippen molar-refractivity contribution in [3.63, 3.8) is 0 Å². The molecule has 0 aromatic heterocycles. The van der Waals surface area contributed by atoms with E-state index in [0.29, 0.717) is 38.4 Å². The van der Waals surface area contributed by atoms with Gasteiger partial charge in [-0.25, -0.2) is 8.42 Å². The van der Waals surface area contributed by atoms with E-state index in [9.17, 15) is 13.2 Å². The van der Waals surface area contributed by atoms with Crippen molar-refractivity contribution in [2.75, 3.05) is 32.8 Å². The highest BCUT2D eigenvalue weighted by Crippen LogP contribution is 2.21. The molecule has 0 spiro atoms. The maximum absolute atomic E-state index is 12.6. The molecule has 1 unspecified atom stereocenters. The molecule has 24 heavy (non-hydrogen) atoms. The molecule has 0 N–H and O–H groups in total. The molecule has 0 bridgehead atoms. The lowest BCUT2D eigenvalue weighted by atomic mass is 10.1. The first-order valence-electron chi connectivity index (χ1n) is 8.49. The molecule has 7 heteroatoms. The fraction of sp³-hybridized carbons (Fsp3) is 0.588. The molecule has 0 saturated carbocycles. The second-order valence-corrected chi connectivity index (χ2v) is 8.35. The van der Waals surface area contributed by atoms with Gasteiger partial charge in [0.2, 0.25) is 10.0 Å². The lowest BCUT2D eigenvalue weighted by Gasteiger charge is -2.33. The quantitative estimate of drug-likeness (QED) is 0.831. The number of benzene rings is 1. The molecule has 6 nitrogen and oxygen atoms in total. The van der Waals surface area contributed by atoms with E-state index in [4.69, 9.17) is 4.74 Å². The van der Waals surface area contributed by atoms with Crippen LogP contribution in [-0.4, -0.2) is 62.4 Å². The van der Waals surface area contributed by atoms with Crippen LogP contribution in [0, 0.1) is 0 Å². The Morgan fingerprint density at radius 1 is 1.08 bits per heavy atom. The maximum Gasteiger partial charge on any atom is 0.254 e. The van der Waals surface area contributed by atoms with Crippen molar-refractivity contribution >= 4 is 15.9 Å². The molecule has 132 valence electrons. The third-order valence-corrected chi connectivity index (χ3v) is 6.60. The Balaban J connectivity index is 1.76. The van der Waals surface area contributed by atoms with Gasteiger partial charge in [0.05, 0.1) is 24.2 Å². The molecule has 2 fully saturated rings. The van der Waals surface area contributed by atoms with Crippen molar-refractivity contribution in [2.24, 2.45) is 0 Å². The number of piperidine rings is 1. The van der Waals surface area contributed by atoms with Crippen LogP contribution in [0.25, 0.3) is 0 Å². The lowest BCUT2D eigenvalue weighted by molar-refractivity contribution is 0.00359. The van der Waals surface area contributed by atoms with E-state index in [1.807, 2.05) is 6.92 Å². The molecule has 2 aliphatic heterocycles. The van der Waals surface area contributed by atoms with Crippen LogP contribution in [0.15, 0.2) is 29.2 Å². The summed E-state index contributed by atoms with van der Waals surface area (Å²) in [5.74, 6) is -0.0762. The van der Waals surface area contributed by atoms with E-state index in [2.05, 4.69) is 0 Å². The largest absolute Gasteiger partial charge is 0.377 e. The summed E-state index contributed by atoms with van der Waals surface area (Å²) in [5, 5.41) is 0. The highest BCUT2D eigenvalue weighted by atomic mass is 32.2. The van der Waals surface area contributed by atoms with E-state index < -0.39 is 10.0 Å². The first-order chi connectivity index (χ1) is 11.5. The Morgan fingerprint density at radius 2 is 1.75 bits per heavy atom. The van der Waals surface area contributed by atoms with Gasteiger partial charge in [-0.3, -0.25) is 4.79 Å². The Morgan fingerprint density at radius 3 is 2.38 bits per heavy atom. The zero-order valence-electron chi connectivity index (χ0n) is 14.0. The van der Waals surface area contributed by atoms with Crippen molar-refractivity contribution in [3.05, 3.63) is 29.8 Å². The molecule has 2 aliphatic rings. The first-order valence-corrected chi connectivity index (χ1v) is 9.93. The third-order valence-electron chi connectivity index (χ3n) is 4.68. The van der Waals surface area contributed by atoms with Crippen molar-refractivity contribution in [1.82, 2.24) is 9.21 Å². The van der Waals surface area contributed by atoms with Gasteiger partial charge in [-0.15, -0.1) is 0 Å². The highest BCUT2D eigenvalue weighted by molar-refractivity contribution is 7.89. The Hall–Kier alpha value is -1.44. The number of amides is 1. The van der Waals surface area contributed by atoms with Crippen molar-refractivity contribution in [2.45, 2.75) is 37.1 Å². The topological polar surface area (TPSA) is 66.9 Å². The normalized spacial score (nSPS) is 23.2. The van der Waals surface area contributed by atoms with Gasteiger partial charge in [0, 0.05) is 25.2 Å². The molecule has 1 amide bonds. The van der Waals surface area contributed by atoms with Crippen molar-refractivity contribution in [3.8, 4) is 0 Å². The van der Waals surface area contributed by atoms with Gasteiger partial charge in [-0.2, -0.15) is 4.31 Å². The van der Waals surface area contributed by atoms with Crippen LogP contribution in [0.1, 0.15) is 36.5 Å². The minimum atomic E-state index is -3.45. The number of sulfonamides is 1. The number of carbonyl (C=O) groups is 1. The Kier molecular flexibility index (Phi) is 5.22. The molecular weight excluding hydrogens is 328 g/mol. The summed E-state index contributed by atoms with van der Waals surface area (Å²) in [4.78, 5) is 14.6. The summed E-state index contributed by atoms with van der Waals surface area (Å²) in [5.41, 5.74) is 0.515. The van der Waals surface area contributed by atoms with Gasteiger partial charge in [0.15, 0.2) is 0 Å². The summed E-state index contributed by atoms with van der Waals surface area (Å²) >= 11 is 0. The second-order valence-electron chi connectivity index (χ2n) is 6.41. The summed E-state index contributed by atoms with van der Waals surface area (Å²) in [6, 6.07) is 6.34. The number of morpholine rings is 1.